The predicted molar refractivity (Wildman–Crippen MR) is 110 cm³/mol. The molecule has 2 aromatic heterocycles. The van der Waals surface area contributed by atoms with Crippen molar-refractivity contribution in [2.24, 2.45) is 0 Å². The number of hydrogen-bond acceptors (Lipinski definition) is 4. The molecule has 0 saturated carbocycles. The van der Waals surface area contributed by atoms with E-state index in [1.807, 2.05) is 23.1 Å². The molecule has 0 aliphatic carbocycles. The summed E-state index contributed by atoms with van der Waals surface area (Å²) in [6.07, 6.45) is 3.61. The van der Waals surface area contributed by atoms with Crippen molar-refractivity contribution in [3.05, 3.63) is 81.0 Å². The highest BCUT2D eigenvalue weighted by Gasteiger charge is 2.30. The van der Waals surface area contributed by atoms with Crippen LogP contribution < -0.4 is 5.56 Å². The maximum Gasteiger partial charge on any atom is 0.254 e. The van der Waals surface area contributed by atoms with Crippen molar-refractivity contribution < 1.29 is 4.79 Å². The first-order valence-corrected chi connectivity index (χ1v) is 9.91. The monoisotopic (exact) mass is 391 g/mol. The average molecular weight is 391 g/mol. The molecule has 1 amide bonds. The number of nitrogens with zero attached hydrogens (tertiary/aromatic N) is 3. The zero-order valence-corrected chi connectivity index (χ0v) is 16.7. The standard InChI is InChI=1S/C22H25N5O2/c1-14-18(22(29)26-15(2)25-14)10-20(28)27-11-17(21-19(12-27)23-13-24-21)9-8-16-6-4-3-5-7-16/h3-7,13,17H,8-12H2,1-2H3,(H,23,24)(H,25,26,29). The summed E-state index contributed by atoms with van der Waals surface area (Å²) >= 11 is 0. The van der Waals surface area contributed by atoms with E-state index in [-0.39, 0.29) is 23.8 Å². The number of hydrogen-bond donors (Lipinski definition) is 2. The summed E-state index contributed by atoms with van der Waals surface area (Å²) in [6, 6.07) is 10.3. The molecule has 4 rings (SSSR count). The number of benzene rings is 1. The van der Waals surface area contributed by atoms with Gasteiger partial charge in [0.15, 0.2) is 0 Å². The quantitative estimate of drug-likeness (QED) is 0.698. The molecule has 2 N–H and O–H groups in total. The lowest BCUT2D eigenvalue weighted by molar-refractivity contribution is -0.131. The lowest BCUT2D eigenvalue weighted by Gasteiger charge is -2.32. The van der Waals surface area contributed by atoms with Crippen LogP contribution in [0, 0.1) is 13.8 Å². The van der Waals surface area contributed by atoms with E-state index < -0.39 is 0 Å². The van der Waals surface area contributed by atoms with Crippen LogP contribution in [0.2, 0.25) is 0 Å². The molecule has 29 heavy (non-hydrogen) atoms. The minimum atomic E-state index is -0.233. The average Bonchev–Trinajstić information content (AvgIpc) is 3.18. The number of carbonyl (C=O) groups excluding carboxylic acids is 1. The van der Waals surface area contributed by atoms with Gasteiger partial charge < -0.3 is 14.9 Å². The number of amides is 1. The van der Waals surface area contributed by atoms with Gasteiger partial charge in [-0.1, -0.05) is 30.3 Å². The van der Waals surface area contributed by atoms with Gasteiger partial charge in [0.1, 0.15) is 5.82 Å². The van der Waals surface area contributed by atoms with E-state index in [9.17, 15) is 9.59 Å². The zero-order chi connectivity index (χ0) is 20.4. The Morgan fingerprint density at radius 2 is 2.03 bits per heavy atom. The highest BCUT2D eigenvalue weighted by molar-refractivity contribution is 5.79. The van der Waals surface area contributed by atoms with Crippen LogP contribution in [0.4, 0.5) is 0 Å². The van der Waals surface area contributed by atoms with Gasteiger partial charge in [0.25, 0.3) is 5.56 Å². The molecule has 0 fully saturated rings. The molecule has 7 nitrogen and oxygen atoms in total. The molecule has 0 spiro atoms. The number of carbonyl (C=O) groups is 1. The molecule has 150 valence electrons. The van der Waals surface area contributed by atoms with Crippen molar-refractivity contribution in [2.45, 2.75) is 45.6 Å². The Bertz CT molecular complexity index is 1070. The summed E-state index contributed by atoms with van der Waals surface area (Å²) in [4.78, 5) is 41.8. The summed E-state index contributed by atoms with van der Waals surface area (Å²) in [6.45, 7) is 4.62. The van der Waals surface area contributed by atoms with Gasteiger partial charge in [0, 0.05) is 23.7 Å². The molecule has 1 aliphatic rings. The van der Waals surface area contributed by atoms with Gasteiger partial charge in [-0.25, -0.2) is 9.97 Å². The Balaban J connectivity index is 1.50. The summed E-state index contributed by atoms with van der Waals surface area (Å²) < 4.78 is 0. The topological polar surface area (TPSA) is 94.7 Å². The van der Waals surface area contributed by atoms with E-state index in [4.69, 9.17) is 0 Å². The van der Waals surface area contributed by atoms with Crippen molar-refractivity contribution in [3.8, 4) is 0 Å². The Kier molecular flexibility index (Phi) is 5.29. The molecular weight excluding hydrogens is 366 g/mol. The maximum atomic E-state index is 13.0. The van der Waals surface area contributed by atoms with Crippen molar-refractivity contribution in [2.75, 3.05) is 6.54 Å². The van der Waals surface area contributed by atoms with E-state index >= 15 is 0 Å². The van der Waals surface area contributed by atoms with E-state index in [0.29, 0.717) is 30.2 Å². The number of rotatable bonds is 5. The number of aryl methyl sites for hydroxylation is 3. The molecule has 1 aliphatic heterocycles. The number of aromatic nitrogens is 4. The van der Waals surface area contributed by atoms with Crippen molar-refractivity contribution in [3.63, 3.8) is 0 Å². The van der Waals surface area contributed by atoms with Crippen molar-refractivity contribution >= 4 is 5.91 Å². The highest BCUT2D eigenvalue weighted by Crippen LogP contribution is 2.29. The minimum Gasteiger partial charge on any atom is -0.347 e. The molecular formula is C22H25N5O2. The van der Waals surface area contributed by atoms with E-state index in [1.165, 1.54) is 5.56 Å². The molecule has 0 saturated heterocycles. The predicted octanol–water partition coefficient (Wildman–Crippen LogP) is 2.41. The van der Waals surface area contributed by atoms with Gasteiger partial charge in [-0.05, 0) is 32.3 Å². The van der Waals surface area contributed by atoms with E-state index in [1.54, 1.807) is 20.2 Å². The third-order valence-corrected chi connectivity index (χ3v) is 5.57. The maximum absolute atomic E-state index is 13.0. The van der Waals surface area contributed by atoms with Gasteiger partial charge in [-0.3, -0.25) is 9.59 Å². The third-order valence-electron chi connectivity index (χ3n) is 5.57. The van der Waals surface area contributed by atoms with Crippen LogP contribution in [0.25, 0.3) is 0 Å². The first-order chi connectivity index (χ1) is 14.0. The highest BCUT2D eigenvalue weighted by atomic mass is 16.2. The van der Waals surface area contributed by atoms with Crippen LogP contribution in [0.15, 0.2) is 41.5 Å². The van der Waals surface area contributed by atoms with Crippen LogP contribution in [0.3, 0.4) is 0 Å². The summed E-state index contributed by atoms with van der Waals surface area (Å²) in [5.74, 6) is 0.670. The fraction of sp³-hybridized carbons (Fsp3) is 0.364. The number of fused-ring (bicyclic) bond motifs is 1. The fourth-order valence-electron chi connectivity index (χ4n) is 4.04. The first kappa shape index (κ1) is 19.1. The van der Waals surface area contributed by atoms with Crippen molar-refractivity contribution in [1.29, 1.82) is 0 Å². The second-order valence-electron chi connectivity index (χ2n) is 7.65. The van der Waals surface area contributed by atoms with Crippen LogP contribution >= 0.6 is 0 Å². The Morgan fingerprint density at radius 1 is 1.24 bits per heavy atom. The van der Waals surface area contributed by atoms with Crippen LogP contribution in [-0.2, 0) is 24.2 Å². The second-order valence-corrected chi connectivity index (χ2v) is 7.65. The first-order valence-electron chi connectivity index (χ1n) is 9.91. The van der Waals surface area contributed by atoms with Crippen molar-refractivity contribution in [1.82, 2.24) is 24.8 Å². The smallest absolute Gasteiger partial charge is 0.254 e. The molecule has 3 aromatic rings. The molecule has 0 bridgehead atoms. The molecule has 7 heteroatoms. The fourth-order valence-corrected chi connectivity index (χ4v) is 4.04. The van der Waals surface area contributed by atoms with Gasteiger partial charge in [-0.2, -0.15) is 0 Å². The Labute approximate surface area is 169 Å². The molecule has 1 atom stereocenters. The lowest BCUT2D eigenvalue weighted by atomic mass is 9.91. The number of imidazole rings is 1. The SMILES string of the molecule is Cc1nc(C)c(CC(=O)N2Cc3[nH]cnc3C(CCc3ccccc3)C2)c(=O)[nH]1. The van der Waals surface area contributed by atoms with Crippen LogP contribution in [0.1, 0.15) is 46.4 Å². The number of nitrogens with one attached hydrogen (secondary N) is 2. The summed E-state index contributed by atoms with van der Waals surface area (Å²) in [5.41, 5.74) is 4.13. The largest absolute Gasteiger partial charge is 0.347 e. The third kappa shape index (κ3) is 4.13. The molecule has 3 heterocycles. The zero-order valence-electron chi connectivity index (χ0n) is 16.7. The van der Waals surface area contributed by atoms with E-state index in [0.717, 1.165) is 24.2 Å². The van der Waals surface area contributed by atoms with Gasteiger partial charge in [-0.15, -0.1) is 0 Å². The van der Waals surface area contributed by atoms with Gasteiger partial charge >= 0.3 is 0 Å². The molecule has 1 unspecified atom stereocenters. The number of aromatic amines is 2. The van der Waals surface area contributed by atoms with Gasteiger partial charge in [0.05, 0.1) is 30.7 Å². The van der Waals surface area contributed by atoms with E-state index in [2.05, 4.69) is 32.1 Å². The molecule has 0 radical (unpaired) electrons. The lowest BCUT2D eigenvalue weighted by Crippen LogP contribution is -2.40. The van der Waals surface area contributed by atoms with Crippen LogP contribution in [-0.4, -0.2) is 37.3 Å². The normalized spacial score (nSPS) is 15.9. The molecule has 1 aromatic carbocycles. The summed E-state index contributed by atoms with van der Waals surface area (Å²) in [7, 11) is 0. The van der Waals surface area contributed by atoms with Crippen LogP contribution in [0.5, 0.6) is 0 Å². The number of H-pyrrole nitrogens is 2. The second kappa shape index (κ2) is 8.03. The Morgan fingerprint density at radius 3 is 2.79 bits per heavy atom. The Hall–Kier alpha value is -3.22. The summed E-state index contributed by atoms with van der Waals surface area (Å²) in [5, 5.41) is 0. The van der Waals surface area contributed by atoms with Gasteiger partial charge in [0.2, 0.25) is 5.91 Å². The minimum absolute atomic E-state index is 0.0589.